The molecule has 214 valence electrons. The molecule has 4 rings (SSSR count). The second-order valence-corrected chi connectivity index (χ2v) is 11.6. The van der Waals surface area contributed by atoms with E-state index >= 15 is 0 Å². The highest BCUT2D eigenvalue weighted by atomic mass is 16.5. The molecular weight excluding hydrogens is 518 g/mol. The molecule has 1 aliphatic heterocycles. The Hall–Kier alpha value is -4.39. The summed E-state index contributed by atoms with van der Waals surface area (Å²) in [4.78, 5) is 39.7. The third-order valence-corrected chi connectivity index (χ3v) is 7.31. The highest BCUT2D eigenvalue weighted by molar-refractivity contribution is 6.51. The molecule has 0 spiro atoms. The average Bonchev–Trinajstić information content (AvgIpc) is 3.18. The Kier molecular flexibility index (Phi) is 8.38. The molecule has 0 aliphatic carbocycles. The van der Waals surface area contributed by atoms with E-state index in [1.165, 1.54) is 4.90 Å². The van der Waals surface area contributed by atoms with Crippen LogP contribution in [0.25, 0.3) is 5.76 Å². The van der Waals surface area contributed by atoms with E-state index in [1.807, 2.05) is 45.0 Å². The zero-order valence-electron chi connectivity index (χ0n) is 24.4. The molecule has 7 nitrogen and oxygen atoms in total. The van der Waals surface area contributed by atoms with Crippen molar-refractivity contribution in [2.24, 2.45) is 0 Å². The summed E-state index contributed by atoms with van der Waals surface area (Å²) in [7, 11) is 0. The average molecular weight is 556 g/mol. The predicted octanol–water partition coefficient (Wildman–Crippen LogP) is 6.76. The zero-order valence-corrected chi connectivity index (χ0v) is 24.4. The van der Waals surface area contributed by atoms with Crippen LogP contribution in [0.1, 0.15) is 81.3 Å². The number of amides is 1. The molecule has 0 aromatic heterocycles. The summed E-state index contributed by atoms with van der Waals surface area (Å²) in [6.45, 7) is 12.7. The normalized spacial score (nSPS) is 16.9. The number of ketones is 1. The summed E-state index contributed by atoms with van der Waals surface area (Å²) in [5, 5.41) is 20.8. The number of ether oxygens (including phenoxy) is 1. The van der Waals surface area contributed by atoms with Gasteiger partial charge in [-0.25, -0.2) is 0 Å². The second kappa shape index (κ2) is 11.6. The topological polar surface area (TPSA) is 104 Å². The van der Waals surface area contributed by atoms with Gasteiger partial charge in [0, 0.05) is 11.3 Å². The summed E-state index contributed by atoms with van der Waals surface area (Å²) in [5.74, 6) is -1.98. The molecular formula is C34H37NO6. The van der Waals surface area contributed by atoms with Gasteiger partial charge in [-0.15, -0.1) is 0 Å². The van der Waals surface area contributed by atoms with Crippen molar-refractivity contribution in [3.63, 3.8) is 0 Å². The van der Waals surface area contributed by atoms with Crippen LogP contribution < -0.4 is 9.64 Å². The summed E-state index contributed by atoms with van der Waals surface area (Å²) >= 11 is 0. The van der Waals surface area contributed by atoms with Crippen LogP contribution >= 0.6 is 0 Å². The summed E-state index contributed by atoms with van der Waals surface area (Å²) in [5.41, 5.74) is 3.95. The lowest BCUT2D eigenvalue weighted by molar-refractivity contribution is -0.136. The summed E-state index contributed by atoms with van der Waals surface area (Å²) in [6.07, 6.45) is -0.160. The molecule has 1 unspecified atom stereocenters. The van der Waals surface area contributed by atoms with Gasteiger partial charge in [-0.3, -0.25) is 19.3 Å². The Bertz CT molecular complexity index is 1490. The molecule has 1 saturated heterocycles. The molecule has 3 aromatic carbocycles. The number of aliphatic hydroxyl groups is 1. The van der Waals surface area contributed by atoms with E-state index in [0.29, 0.717) is 34.7 Å². The molecule has 1 fully saturated rings. The van der Waals surface area contributed by atoms with Gasteiger partial charge in [-0.2, -0.15) is 0 Å². The number of anilines is 1. The quantitative estimate of drug-likeness (QED) is 0.181. The van der Waals surface area contributed by atoms with Gasteiger partial charge in [0.05, 0.1) is 24.6 Å². The lowest BCUT2D eigenvalue weighted by atomic mass is 9.85. The molecule has 3 aromatic rings. The number of carboxylic acids is 1. The molecule has 1 amide bonds. The Morgan fingerprint density at radius 1 is 0.951 bits per heavy atom. The van der Waals surface area contributed by atoms with Gasteiger partial charge >= 0.3 is 5.97 Å². The predicted molar refractivity (Wildman–Crippen MR) is 159 cm³/mol. The lowest BCUT2D eigenvalue weighted by Gasteiger charge is -2.27. The van der Waals surface area contributed by atoms with E-state index in [1.54, 1.807) is 42.5 Å². The Balaban J connectivity index is 1.90. The van der Waals surface area contributed by atoms with Crippen molar-refractivity contribution in [2.45, 2.75) is 65.3 Å². The molecule has 0 bridgehead atoms. The maximum Gasteiger partial charge on any atom is 0.307 e. The van der Waals surface area contributed by atoms with Crippen molar-refractivity contribution in [3.8, 4) is 5.75 Å². The van der Waals surface area contributed by atoms with Crippen LogP contribution in [-0.2, 0) is 26.2 Å². The van der Waals surface area contributed by atoms with Gasteiger partial charge in [-0.1, -0.05) is 71.0 Å². The Labute approximate surface area is 241 Å². The minimum absolute atomic E-state index is 0.00742. The van der Waals surface area contributed by atoms with E-state index in [0.717, 1.165) is 11.1 Å². The molecule has 0 saturated carbocycles. The fourth-order valence-electron chi connectivity index (χ4n) is 5.12. The van der Waals surface area contributed by atoms with Crippen LogP contribution in [0.4, 0.5) is 5.69 Å². The fourth-order valence-corrected chi connectivity index (χ4v) is 5.12. The van der Waals surface area contributed by atoms with E-state index in [-0.39, 0.29) is 29.1 Å². The van der Waals surface area contributed by atoms with Gasteiger partial charge < -0.3 is 14.9 Å². The first kappa shape index (κ1) is 29.6. The first-order chi connectivity index (χ1) is 19.3. The largest absolute Gasteiger partial charge is 0.507 e. The van der Waals surface area contributed by atoms with Gasteiger partial charge in [0.1, 0.15) is 11.5 Å². The lowest BCUT2D eigenvalue weighted by Crippen LogP contribution is -2.29. The van der Waals surface area contributed by atoms with Gasteiger partial charge in [0.25, 0.3) is 11.7 Å². The van der Waals surface area contributed by atoms with Gasteiger partial charge in [-0.05, 0) is 70.8 Å². The molecule has 7 heteroatoms. The molecule has 0 radical (unpaired) electrons. The summed E-state index contributed by atoms with van der Waals surface area (Å²) in [6, 6.07) is 18.6. The van der Waals surface area contributed by atoms with Crippen molar-refractivity contribution in [1.82, 2.24) is 0 Å². The third kappa shape index (κ3) is 6.04. The smallest absolute Gasteiger partial charge is 0.307 e. The van der Waals surface area contributed by atoms with Crippen LogP contribution in [0.3, 0.4) is 0 Å². The number of carbonyl (C=O) groups is 3. The van der Waals surface area contributed by atoms with Crippen molar-refractivity contribution in [2.75, 3.05) is 11.5 Å². The Morgan fingerprint density at radius 3 is 2.12 bits per heavy atom. The molecule has 1 atom stereocenters. The van der Waals surface area contributed by atoms with Gasteiger partial charge in [0.2, 0.25) is 0 Å². The highest BCUT2D eigenvalue weighted by Crippen LogP contribution is 2.43. The number of aliphatic hydroxyl groups excluding tert-OH is 1. The maximum absolute atomic E-state index is 13.6. The van der Waals surface area contributed by atoms with Crippen molar-refractivity contribution >= 4 is 29.1 Å². The van der Waals surface area contributed by atoms with Crippen molar-refractivity contribution in [3.05, 3.63) is 100 Å². The standard InChI is InChI=1S/C34H37NO6/c1-7-41-27-17-12-23(19-26(27)20(2)3)31(38)29-30(22-10-13-24(14-11-22)34(4,5)6)35(33(40)32(29)39)25-15-8-21(9-16-25)18-28(36)37/h8-17,19-20,30,38H,7,18H2,1-6H3,(H,36,37)/b31-29-. The van der Waals surface area contributed by atoms with Crippen molar-refractivity contribution < 1.29 is 29.3 Å². The fraction of sp³-hybridized carbons (Fsp3) is 0.324. The highest BCUT2D eigenvalue weighted by Gasteiger charge is 2.47. The number of aliphatic carboxylic acids is 1. The van der Waals surface area contributed by atoms with Crippen LogP contribution in [0, 0.1) is 0 Å². The Morgan fingerprint density at radius 2 is 1.59 bits per heavy atom. The second-order valence-electron chi connectivity index (χ2n) is 11.6. The number of carboxylic acid groups (broad SMARTS) is 1. The number of hydrogen-bond acceptors (Lipinski definition) is 5. The van der Waals surface area contributed by atoms with Crippen molar-refractivity contribution in [1.29, 1.82) is 0 Å². The number of hydrogen-bond donors (Lipinski definition) is 2. The minimum Gasteiger partial charge on any atom is -0.507 e. The number of benzene rings is 3. The maximum atomic E-state index is 13.6. The molecule has 41 heavy (non-hydrogen) atoms. The minimum atomic E-state index is -0.965. The van der Waals surface area contributed by atoms with E-state index < -0.39 is 23.7 Å². The van der Waals surface area contributed by atoms with Crippen LogP contribution in [0.2, 0.25) is 0 Å². The van der Waals surface area contributed by atoms with Crippen LogP contribution in [0.15, 0.2) is 72.3 Å². The van der Waals surface area contributed by atoms with E-state index in [4.69, 9.17) is 9.84 Å². The van der Waals surface area contributed by atoms with Crippen LogP contribution in [-0.4, -0.2) is 34.5 Å². The number of carbonyl (C=O) groups excluding carboxylic acids is 2. The number of Topliss-reactive ketones (excluding diaryl/α,β-unsaturated/α-hetero) is 1. The summed E-state index contributed by atoms with van der Waals surface area (Å²) < 4.78 is 5.77. The SMILES string of the molecule is CCOc1ccc(/C(O)=C2/C(=O)C(=O)N(c3ccc(CC(=O)O)cc3)C2c2ccc(C(C)(C)C)cc2)cc1C(C)C. The zero-order chi connectivity index (χ0) is 30.1. The van der Waals surface area contributed by atoms with Crippen LogP contribution in [0.5, 0.6) is 5.75 Å². The monoisotopic (exact) mass is 555 g/mol. The third-order valence-electron chi connectivity index (χ3n) is 7.31. The van der Waals surface area contributed by atoms with E-state index in [2.05, 4.69) is 20.8 Å². The molecule has 1 aliphatic rings. The first-order valence-electron chi connectivity index (χ1n) is 13.8. The van der Waals surface area contributed by atoms with E-state index in [9.17, 15) is 19.5 Å². The number of rotatable bonds is 8. The van der Waals surface area contributed by atoms with Gasteiger partial charge in [0.15, 0.2) is 0 Å². The number of nitrogens with zero attached hydrogens (tertiary/aromatic N) is 1. The molecule has 2 N–H and O–H groups in total. The molecule has 1 heterocycles. The first-order valence-corrected chi connectivity index (χ1v) is 13.8.